The van der Waals surface area contributed by atoms with Gasteiger partial charge in [-0.3, -0.25) is 0 Å². The highest BCUT2D eigenvalue weighted by molar-refractivity contribution is 5.01. The van der Waals surface area contributed by atoms with E-state index < -0.39 is 0 Å². The maximum Gasteiger partial charge on any atom is 0.0876 e. The summed E-state index contributed by atoms with van der Waals surface area (Å²) >= 11 is 0. The van der Waals surface area contributed by atoms with Gasteiger partial charge >= 0.3 is 0 Å². The first-order valence-corrected chi connectivity index (χ1v) is 9.81. The molecule has 1 rings (SSSR count). The third kappa shape index (κ3) is 11.1. The first-order valence-electron chi connectivity index (χ1n) is 9.81. The van der Waals surface area contributed by atoms with Crippen LogP contribution in [0, 0.1) is 0 Å². The van der Waals surface area contributed by atoms with Gasteiger partial charge in [0.05, 0.1) is 12.2 Å². The molecule has 1 saturated heterocycles. The van der Waals surface area contributed by atoms with E-state index in [-0.39, 0.29) is 0 Å². The lowest BCUT2D eigenvalue weighted by Crippen LogP contribution is -1.92. The Labute approximate surface area is 139 Å². The number of unbranched alkanes of at least 4 members (excludes halogenated alkanes) is 11. The second-order valence-corrected chi connectivity index (χ2v) is 6.79. The second-order valence-electron chi connectivity index (χ2n) is 6.79. The van der Waals surface area contributed by atoms with Crippen molar-refractivity contribution in [2.45, 2.75) is 109 Å². The second kappa shape index (κ2) is 14.1. The summed E-state index contributed by atoms with van der Waals surface area (Å²) in [5.74, 6) is 0. The molecule has 2 atom stereocenters. The molecule has 22 heavy (non-hydrogen) atoms. The smallest absolute Gasteiger partial charge is 0.0876 e. The highest BCUT2D eigenvalue weighted by atomic mass is 16.6. The summed E-state index contributed by atoms with van der Waals surface area (Å²) in [6, 6.07) is 0. The molecule has 0 aromatic rings. The molecule has 0 saturated carbocycles. The minimum Gasteiger partial charge on any atom is -0.369 e. The molecule has 1 aliphatic heterocycles. The first kappa shape index (κ1) is 19.5. The van der Waals surface area contributed by atoms with Gasteiger partial charge in [-0.1, -0.05) is 109 Å². The normalized spacial score (nSPS) is 20.6. The predicted octanol–water partition coefficient (Wildman–Crippen LogP) is 6.98. The van der Waals surface area contributed by atoms with Crippen LogP contribution < -0.4 is 0 Å². The molecule has 0 spiro atoms. The molecule has 0 N–H and O–H groups in total. The van der Waals surface area contributed by atoms with E-state index in [9.17, 15) is 0 Å². The van der Waals surface area contributed by atoms with Crippen LogP contribution in [-0.2, 0) is 4.74 Å². The monoisotopic (exact) mass is 306 g/mol. The third-order valence-electron chi connectivity index (χ3n) is 4.67. The Morgan fingerprint density at radius 3 is 1.86 bits per heavy atom. The maximum atomic E-state index is 5.68. The van der Waals surface area contributed by atoms with Crippen LogP contribution in [0.2, 0.25) is 0 Å². The molecule has 128 valence electrons. The van der Waals surface area contributed by atoms with Crippen molar-refractivity contribution in [3.63, 3.8) is 0 Å². The third-order valence-corrected chi connectivity index (χ3v) is 4.67. The van der Waals surface area contributed by atoms with E-state index in [1.54, 1.807) is 0 Å². The molecule has 0 bridgehead atoms. The fraction of sp³-hybridized carbons (Fsp3) is 0.810. The number of ether oxygens (including phenoxy) is 1. The van der Waals surface area contributed by atoms with Crippen LogP contribution in [0.15, 0.2) is 24.8 Å². The van der Waals surface area contributed by atoms with Gasteiger partial charge in [-0.25, -0.2) is 0 Å². The molecule has 0 aliphatic carbocycles. The zero-order valence-electron chi connectivity index (χ0n) is 14.9. The molecule has 0 aromatic carbocycles. The Morgan fingerprint density at radius 1 is 0.773 bits per heavy atom. The van der Waals surface area contributed by atoms with Crippen molar-refractivity contribution >= 4 is 0 Å². The van der Waals surface area contributed by atoms with E-state index in [0.29, 0.717) is 12.2 Å². The highest BCUT2D eigenvalue weighted by Gasteiger charge is 2.36. The number of rotatable bonds is 16. The molecule has 1 heteroatoms. The molecule has 0 amide bonds. The molecular weight excluding hydrogens is 268 g/mol. The Bertz CT molecular complexity index is 282. The lowest BCUT2D eigenvalue weighted by atomic mass is 10.0. The largest absolute Gasteiger partial charge is 0.369 e. The summed E-state index contributed by atoms with van der Waals surface area (Å²) < 4.78 is 5.68. The topological polar surface area (TPSA) is 12.5 Å². The van der Waals surface area contributed by atoms with E-state index in [4.69, 9.17) is 4.74 Å². The van der Waals surface area contributed by atoms with Crippen molar-refractivity contribution in [2.24, 2.45) is 0 Å². The Balaban J connectivity index is 1.72. The van der Waals surface area contributed by atoms with Crippen LogP contribution in [0.5, 0.6) is 0 Å². The summed E-state index contributed by atoms with van der Waals surface area (Å²) in [7, 11) is 0. The summed E-state index contributed by atoms with van der Waals surface area (Å²) in [4.78, 5) is 0. The molecule has 1 heterocycles. The Hall–Kier alpha value is -0.560. The first-order chi connectivity index (χ1) is 10.9. The van der Waals surface area contributed by atoms with Crippen LogP contribution in [0.4, 0.5) is 0 Å². The Morgan fingerprint density at radius 2 is 1.32 bits per heavy atom. The van der Waals surface area contributed by atoms with Crippen LogP contribution in [0.25, 0.3) is 0 Å². The standard InChI is InChI=1S/C21H38O/c1-3-5-7-8-9-10-11-12-13-14-15-17-19-21-20(22-21)18-16-6-4-2/h4,6,16,20-21H,2-3,5,7-15,17-19H2,1H3. The summed E-state index contributed by atoms with van der Waals surface area (Å²) in [5.41, 5.74) is 0. The van der Waals surface area contributed by atoms with Crippen molar-refractivity contribution in [2.75, 3.05) is 0 Å². The lowest BCUT2D eigenvalue weighted by molar-refractivity contribution is 0.358. The van der Waals surface area contributed by atoms with Crippen molar-refractivity contribution in [1.82, 2.24) is 0 Å². The average Bonchev–Trinajstić information content (AvgIpc) is 3.27. The van der Waals surface area contributed by atoms with E-state index in [1.807, 2.05) is 12.2 Å². The molecule has 2 unspecified atom stereocenters. The minimum atomic E-state index is 0.504. The van der Waals surface area contributed by atoms with Gasteiger partial charge in [0, 0.05) is 0 Å². The number of allylic oxidation sites excluding steroid dienone is 2. The van der Waals surface area contributed by atoms with Gasteiger partial charge in [0.15, 0.2) is 0 Å². The van der Waals surface area contributed by atoms with Crippen molar-refractivity contribution in [3.8, 4) is 0 Å². The molecule has 1 nitrogen and oxygen atoms in total. The zero-order chi connectivity index (χ0) is 15.9. The predicted molar refractivity (Wildman–Crippen MR) is 98.3 cm³/mol. The average molecular weight is 307 g/mol. The molecular formula is C21H38O. The summed E-state index contributed by atoms with van der Waals surface area (Å²) in [5, 5.41) is 0. The summed E-state index contributed by atoms with van der Waals surface area (Å²) in [6.45, 7) is 5.97. The summed E-state index contributed by atoms with van der Waals surface area (Å²) in [6.07, 6.45) is 26.5. The molecule has 1 fully saturated rings. The molecule has 0 aromatic heterocycles. The van der Waals surface area contributed by atoms with Crippen LogP contribution >= 0.6 is 0 Å². The van der Waals surface area contributed by atoms with Gasteiger partial charge < -0.3 is 4.74 Å². The quantitative estimate of drug-likeness (QED) is 0.170. The van der Waals surface area contributed by atoms with E-state index in [2.05, 4.69) is 19.6 Å². The van der Waals surface area contributed by atoms with Crippen molar-refractivity contribution < 1.29 is 4.74 Å². The fourth-order valence-electron chi connectivity index (χ4n) is 3.14. The van der Waals surface area contributed by atoms with Crippen LogP contribution in [0.1, 0.15) is 96.8 Å². The highest BCUT2D eigenvalue weighted by Crippen LogP contribution is 2.30. The number of hydrogen-bond acceptors (Lipinski definition) is 1. The molecule has 0 radical (unpaired) electrons. The maximum absolute atomic E-state index is 5.68. The number of hydrogen-bond donors (Lipinski definition) is 0. The van der Waals surface area contributed by atoms with Gasteiger partial charge in [0.2, 0.25) is 0 Å². The number of epoxide rings is 1. The molecule has 1 aliphatic rings. The van der Waals surface area contributed by atoms with Crippen molar-refractivity contribution in [3.05, 3.63) is 24.8 Å². The van der Waals surface area contributed by atoms with E-state index >= 15 is 0 Å². The minimum absolute atomic E-state index is 0.504. The van der Waals surface area contributed by atoms with Gasteiger partial charge in [-0.15, -0.1) is 0 Å². The van der Waals surface area contributed by atoms with Gasteiger partial charge in [0.25, 0.3) is 0 Å². The van der Waals surface area contributed by atoms with Crippen LogP contribution in [-0.4, -0.2) is 12.2 Å². The SMILES string of the molecule is C=CC=CCC1OC1CCCCCCCCCCCCCC. The van der Waals surface area contributed by atoms with Gasteiger partial charge in [-0.2, -0.15) is 0 Å². The van der Waals surface area contributed by atoms with Crippen molar-refractivity contribution in [1.29, 1.82) is 0 Å². The zero-order valence-corrected chi connectivity index (χ0v) is 14.9. The lowest BCUT2D eigenvalue weighted by Gasteiger charge is -2.02. The van der Waals surface area contributed by atoms with Gasteiger partial charge in [-0.05, 0) is 12.8 Å². The van der Waals surface area contributed by atoms with Crippen LogP contribution in [0.3, 0.4) is 0 Å². The van der Waals surface area contributed by atoms with E-state index in [0.717, 1.165) is 6.42 Å². The van der Waals surface area contributed by atoms with Gasteiger partial charge in [0.1, 0.15) is 0 Å². The Kier molecular flexibility index (Phi) is 12.5. The fourth-order valence-corrected chi connectivity index (χ4v) is 3.14. The van der Waals surface area contributed by atoms with E-state index in [1.165, 1.54) is 83.5 Å².